The second-order valence-corrected chi connectivity index (χ2v) is 6.49. The van der Waals surface area contributed by atoms with Crippen molar-refractivity contribution < 1.29 is 23.9 Å². The maximum absolute atomic E-state index is 12.4. The van der Waals surface area contributed by atoms with Gasteiger partial charge in [0.25, 0.3) is 0 Å². The quantitative estimate of drug-likeness (QED) is 0.451. The van der Waals surface area contributed by atoms with Gasteiger partial charge >= 0.3 is 0 Å². The largest absolute Gasteiger partial charge is 0.497 e. The number of Topliss-reactive ketones (excluding diaryl/α,β-unsaturated/α-hetero) is 4. The third-order valence-corrected chi connectivity index (χ3v) is 4.49. The molecule has 3 aromatic rings. The summed E-state index contributed by atoms with van der Waals surface area (Å²) < 4.78 is 5.03. The average Bonchev–Trinajstić information content (AvgIpc) is 2.77. The van der Waals surface area contributed by atoms with Gasteiger partial charge in [-0.2, -0.15) is 0 Å². The Bertz CT molecular complexity index is 1080. The van der Waals surface area contributed by atoms with Crippen molar-refractivity contribution in [2.75, 3.05) is 7.11 Å². The molecule has 3 rings (SSSR count). The van der Waals surface area contributed by atoms with Crippen LogP contribution in [-0.2, 0) is 0 Å². The van der Waals surface area contributed by atoms with Gasteiger partial charge in [0.2, 0.25) is 23.1 Å². The minimum atomic E-state index is -0.695. The van der Waals surface area contributed by atoms with Gasteiger partial charge in [0.1, 0.15) is 5.75 Å². The molecule has 0 atom stereocenters. The summed E-state index contributed by atoms with van der Waals surface area (Å²) in [7, 11) is 1.51. The number of carbonyl (C=O) groups is 4. The van der Waals surface area contributed by atoms with Gasteiger partial charge in [-0.05, 0) is 31.2 Å². The number of rotatable bonds is 7. The molecule has 0 radical (unpaired) electrons. The van der Waals surface area contributed by atoms with Crippen LogP contribution in [0.3, 0.4) is 0 Å². The van der Waals surface area contributed by atoms with E-state index in [2.05, 4.69) is 0 Å². The van der Waals surface area contributed by atoms with Crippen LogP contribution >= 0.6 is 0 Å². The van der Waals surface area contributed by atoms with Crippen molar-refractivity contribution in [2.24, 2.45) is 0 Å². The fraction of sp³-hybridized carbons (Fsp3) is 0.0833. The molecule has 0 bridgehead atoms. The molecule has 0 amide bonds. The molecule has 5 nitrogen and oxygen atoms in total. The second-order valence-electron chi connectivity index (χ2n) is 6.49. The lowest BCUT2D eigenvalue weighted by Crippen LogP contribution is -2.16. The molecular weight excluding hydrogens is 368 g/mol. The summed E-state index contributed by atoms with van der Waals surface area (Å²) in [4.78, 5) is 49.6. The molecular formula is C24H18O5. The lowest BCUT2D eigenvalue weighted by molar-refractivity contribution is 0.0814. The Balaban J connectivity index is 1.75. The Kier molecular flexibility index (Phi) is 5.79. The minimum Gasteiger partial charge on any atom is -0.497 e. The normalized spacial score (nSPS) is 10.3. The van der Waals surface area contributed by atoms with Crippen LogP contribution in [0.25, 0.3) is 0 Å². The molecule has 0 aromatic heterocycles. The van der Waals surface area contributed by atoms with Gasteiger partial charge in [0.15, 0.2) is 0 Å². The third-order valence-electron chi connectivity index (χ3n) is 4.49. The fourth-order valence-electron chi connectivity index (χ4n) is 2.74. The van der Waals surface area contributed by atoms with E-state index in [1.165, 1.54) is 43.5 Å². The Morgan fingerprint density at radius 1 is 0.517 bits per heavy atom. The Morgan fingerprint density at radius 3 is 1.10 bits per heavy atom. The first-order valence-electron chi connectivity index (χ1n) is 8.89. The van der Waals surface area contributed by atoms with E-state index < -0.39 is 23.1 Å². The molecule has 0 aliphatic heterocycles. The first-order valence-corrected chi connectivity index (χ1v) is 8.89. The summed E-state index contributed by atoms with van der Waals surface area (Å²) in [5.74, 6) is -2.08. The molecule has 0 heterocycles. The van der Waals surface area contributed by atoms with Crippen molar-refractivity contribution in [3.63, 3.8) is 0 Å². The van der Waals surface area contributed by atoms with E-state index in [4.69, 9.17) is 4.74 Å². The standard InChI is InChI=1S/C24H18O5/c1-15-3-5-16(6-4-15)21(25)22(26)17-7-9-18(10-8-17)23(27)24(28)19-11-13-20(29-2)14-12-19/h3-14H,1-2H3. The van der Waals surface area contributed by atoms with Crippen LogP contribution in [0.5, 0.6) is 5.75 Å². The lowest BCUT2D eigenvalue weighted by Gasteiger charge is -2.05. The molecule has 3 aromatic carbocycles. The molecule has 144 valence electrons. The third kappa shape index (κ3) is 4.35. The maximum atomic E-state index is 12.4. The lowest BCUT2D eigenvalue weighted by atomic mass is 9.97. The first-order chi connectivity index (χ1) is 13.9. The second kappa shape index (κ2) is 8.44. The molecule has 0 saturated carbocycles. The molecule has 0 saturated heterocycles. The van der Waals surface area contributed by atoms with Crippen molar-refractivity contribution >= 4 is 23.1 Å². The van der Waals surface area contributed by atoms with Crippen LogP contribution < -0.4 is 4.74 Å². The zero-order valence-corrected chi connectivity index (χ0v) is 16.0. The van der Waals surface area contributed by atoms with Crippen molar-refractivity contribution in [1.29, 1.82) is 0 Å². The average molecular weight is 386 g/mol. The Hall–Kier alpha value is -3.86. The topological polar surface area (TPSA) is 77.5 Å². The van der Waals surface area contributed by atoms with Crippen LogP contribution in [0, 0.1) is 6.92 Å². The van der Waals surface area contributed by atoms with Gasteiger partial charge in [-0.15, -0.1) is 0 Å². The van der Waals surface area contributed by atoms with Gasteiger partial charge in [0.05, 0.1) is 7.11 Å². The molecule has 29 heavy (non-hydrogen) atoms. The molecule has 0 N–H and O–H groups in total. The molecule has 0 aliphatic rings. The van der Waals surface area contributed by atoms with Crippen molar-refractivity contribution in [1.82, 2.24) is 0 Å². The van der Waals surface area contributed by atoms with E-state index in [0.29, 0.717) is 11.3 Å². The van der Waals surface area contributed by atoms with E-state index in [9.17, 15) is 19.2 Å². The smallest absolute Gasteiger partial charge is 0.233 e. The summed E-state index contributed by atoms with van der Waals surface area (Å²) in [6, 6.07) is 18.4. The number of methoxy groups -OCH3 is 1. The van der Waals surface area contributed by atoms with Crippen LogP contribution in [0.4, 0.5) is 0 Å². The number of hydrogen-bond donors (Lipinski definition) is 0. The summed E-state index contributed by atoms with van der Waals surface area (Å²) in [6.45, 7) is 1.89. The van der Waals surface area contributed by atoms with E-state index in [-0.39, 0.29) is 16.7 Å². The minimum absolute atomic E-state index is 0.144. The highest BCUT2D eigenvalue weighted by atomic mass is 16.5. The van der Waals surface area contributed by atoms with Gasteiger partial charge in [-0.3, -0.25) is 19.2 Å². The van der Waals surface area contributed by atoms with Crippen LogP contribution in [-0.4, -0.2) is 30.2 Å². The van der Waals surface area contributed by atoms with Gasteiger partial charge in [-0.25, -0.2) is 0 Å². The zero-order valence-electron chi connectivity index (χ0n) is 16.0. The van der Waals surface area contributed by atoms with Crippen molar-refractivity contribution in [3.05, 3.63) is 101 Å². The number of ether oxygens (including phenoxy) is 1. The highest BCUT2D eigenvalue weighted by Crippen LogP contribution is 2.15. The van der Waals surface area contributed by atoms with Crippen LogP contribution in [0.1, 0.15) is 47.0 Å². The van der Waals surface area contributed by atoms with E-state index in [0.717, 1.165) is 5.56 Å². The number of benzene rings is 3. The SMILES string of the molecule is COc1ccc(C(=O)C(=O)c2ccc(C(=O)C(=O)c3ccc(C)cc3)cc2)cc1. The summed E-state index contributed by atoms with van der Waals surface area (Å²) in [5, 5.41) is 0. The van der Waals surface area contributed by atoms with E-state index in [1.807, 2.05) is 6.92 Å². The molecule has 5 heteroatoms. The highest BCUT2D eigenvalue weighted by molar-refractivity contribution is 6.50. The number of ketones is 4. The molecule has 0 unspecified atom stereocenters. The Labute approximate surface area is 167 Å². The fourth-order valence-corrected chi connectivity index (χ4v) is 2.74. The number of aryl methyl sites for hydroxylation is 1. The predicted octanol–water partition coefficient (Wildman–Crippen LogP) is 4.13. The van der Waals surface area contributed by atoms with Gasteiger partial charge in [-0.1, -0.05) is 54.1 Å². The molecule has 0 aliphatic carbocycles. The summed E-state index contributed by atoms with van der Waals surface area (Å²) in [5.41, 5.74) is 1.83. The summed E-state index contributed by atoms with van der Waals surface area (Å²) >= 11 is 0. The number of hydrogen-bond acceptors (Lipinski definition) is 5. The Morgan fingerprint density at radius 2 is 0.793 bits per heavy atom. The first kappa shape index (κ1) is 19.9. The van der Waals surface area contributed by atoms with Crippen LogP contribution in [0.2, 0.25) is 0 Å². The van der Waals surface area contributed by atoms with E-state index in [1.54, 1.807) is 36.4 Å². The summed E-state index contributed by atoms with van der Waals surface area (Å²) in [6.07, 6.45) is 0. The monoisotopic (exact) mass is 386 g/mol. The predicted molar refractivity (Wildman–Crippen MR) is 108 cm³/mol. The van der Waals surface area contributed by atoms with Crippen LogP contribution in [0.15, 0.2) is 72.8 Å². The van der Waals surface area contributed by atoms with E-state index >= 15 is 0 Å². The molecule has 0 spiro atoms. The highest BCUT2D eigenvalue weighted by Gasteiger charge is 2.21. The van der Waals surface area contributed by atoms with Crippen molar-refractivity contribution in [2.45, 2.75) is 6.92 Å². The maximum Gasteiger partial charge on any atom is 0.233 e. The number of carbonyl (C=O) groups excluding carboxylic acids is 4. The van der Waals surface area contributed by atoms with Gasteiger partial charge in [0, 0.05) is 22.3 Å². The van der Waals surface area contributed by atoms with Crippen molar-refractivity contribution in [3.8, 4) is 5.75 Å². The molecule has 0 fully saturated rings. The van der Waals surface area contributed by atoms with Gasteiger partial charge < -0.3 is 4.74 Å². The zero-order chi connectivity index (χ0) is 21.0.